The van der Waals surface area contributed by atoms with Crippen LogP contribution in [-0.4, -0.2) is 24.9 Å². The Labute approximate surface area is 136 Å². The predicted octanol–water partition coefficient (Wildman–Crippen LogP) is 4.65. The number of aliphatic hydroxyl groups is 1. The molecule has 122 valence electrons. The standard InChI is InChI=1S/C18H22N2O3/c1-2-3-13-22-17-8-4-15(5-9-17)19-20-16-6-10-18(11-7-16)23-14-12-21/h4-11,21H,2-3,12-14H2,1H3/b20-19+. The summed E-state index contributed by atoms with van der Waals surface area (Å²) in [7, 11) is 0. The van der Waals surface area contributed by atoms with Crippen LogP contribution in [0.15, 0.2) is 58.8 Å². The quantitative estimate of drug-likeness (QED) is 0.541. The molecule has 0 atom stereocenters. The lowest BCUT2D eigenvalue weighted by atomic mass is 10.3. The number of unbranched alkanes of at least 4 members (excludes halogenated alkanes) is 1. The Kier molecular flexibility index (Phi) is 7.07. The van der Waals surface area contributed by atoms with Crippen molar-refractivity contribution in [2.75, 3.05) is 19.8 Å². The molecule has 2 aromatic carbocycles. The van der Waals surface area contributed by atoms with Gasteiger partial charge in [-0.05, 0) is 55.0 Å². The lowest BCUT2D eigenvalue weighted by molar-refractivity contribution is 0.201. The maximum absolute atomic E-state index is 8.70. The van der Waals surface area contributed by atoms with Crippen molar-refractivity contribution in [2.45, 2.75) is 19.8 Å². The molecule has 0 radical (unpaired) electrons. The lowest BCUT2D eigenvalue weighted by Crippen LogP contribution is -2.00. The first-order valence-electron chi connectivity index (χ1n) is 7.80. The highest BCUT2D eigenvalue weighted by atomic mass is 16.5. The number of azo groups is 1. The largest absolute Gasteiger partial charge is 0.494 e. The van der Waals surface area contributed by atoms with E-state index >= 15 is 0 Å². The second-order valence-corrected chi connectivity index (χ2v) is 4.96. The molecule has 0 aromatic heterocycles. The zero-order chi connectivity index (χ0) is 16.3. The first-order valence-corrected chi connectivity index (χ1v) is 7.80. The van der Waals surface area contributed by atoms with Crippen LogP contribution < -0.4 is 9.47 Å². The van der Waals surface area contributed by atoms with Crippen LogP contribution in [-0.2, 0) is 0 Å². The molecule has 0 amide bonds. The molecule has 0 bridgehead atoms. The first-order chi connectivity index (χ1) is 11.3. The highest BCUT2D eigenvalue weighted by Gasteiger charge is 1.96. The van der Waals surface area contributed by atoms with Gasteiger partial charge in [0.05, 0.1) is 24.6 Å². The second-order valence-electron chi connectivity index (χ2n) is 4.96. The van der Waals surface area contributed by atoms with E-state index in [1.807, 2.05) is 36.4 Å². The molecule has 0 aliphatic rings. The monoisotopic (exact) mass is 314 g/mol. The minimum atomic E-state index is -0.000383. The molecule has 0 aliphatic carbocycles. The molecule has 0 heterocycles. The summed E-state index contributed by atoms with van der Waals surface area (Å²) in [5.74, 6) is 1.55. The van der Waals surface area contributed by atoms with E-state index in [4.69, 9.17) is 14.6 Å². The van der Waals surface area contributed by atoms with Gasteiger partial charge in [-0.15, -0.1) is 0 Å². The summed E-state index contributed by atoms with van der Waals surface area (Å²) in [6.45, 7) is 3.16. The summed E-state index contributed by atoms with van der Waals surface area (Å²) < 4.78 is 10.9. The zero-order valence-electron chi connectivity index (χ0n) is 13.3. The molecule has 0 spiro atoms. The van der Waals surface area contributed by atoms with Crippen molar-refractivity contribution in [1.29, 1.82) is 0 Å². The van der Waals surface area contributed by atoms with Crippen LogP contribution in [0.3, 0.4) is 0 Å². The van der Waals surface area contributed by atoms with Crippen LogP contribution in [0.25, 0.3) is 0 Å². The number of aliphatic hydroxyl groups excluding tert-OH is 1. The van der Waals surface area contributed by atoms with E-state index in [0.29, 0.717) is 5.75 Å². The summed E-state index contributed by atoms with van der Waals surface area (Å²) in [6, 6.07) is 14.8. The summed E-state index contributed by atoms with van der Waals surface area (Å²) in [4.78, 5) is 0. The summed E-state index contributed by atoms with van der Waals surface area (Å²) in [5.41, 5.74) is 1.51. The highest BCUT2D eigenvalue weighted by molar-refractivity contribution is 5.44. The van der Waals surface area contributed by atoms with Crippen LogP contribution in [0.1, 0.15) is 19.8 Å². The Hall–Kier alpha value is -2.40. The number of hydrogen-bond acceptors (Lipinski definition) is 5. The first kappa shape index (κ1) is 17.0. The molecule has 2 rings (SSSR count). The van der Waals surface area contributed by atoms with Gasteiger partial charge < -0.3 is 14.6 Å². The van der Waals surface area contributed by atoms with Gasteiger partial charge in [0.2, 0.25) is 0 Å². The van der Waals surface area contributed by atoms with E-state index in [-0.39, 0.29) is 13.2 Å². The van der Waals surface area contributed by atoms with Crippen LogP contribution in [0.4, 0.5) is 11.4 Å². The molecular formula is C18H22N2O3. The van der Waals surface area contributed by atoms with E-state index in [1.165, 1.54) is 0 Å². The molecule has 5 heteroatoms. The molecule has 0 unspecified atom stereocenters. The minimum absolute atomic E-state index is 0.000383. The molecular weight excluding hydrogens is 292 g/mol. The third-order valence-electron chi connectivity index (χ3n) is 3.08. The van der Waals surface area contributed by atoms with Gasteiger partial charge in [-0.2, -0.15) is 10.2 Å². The Morgan fingerprint density at radius 1 is 0.783 bits per heavy atom. The highest BCUT2D eigenvalue weighted by Crippen LogP contribution is 2.23. The third-order valence-corrected chi connectivity index (χ3v) is 3.08. The van der Waals surface area contributed by atoms with E-state index < -0.39 is 0 Å². The van der Waals surface area contributed by atoms with Crippen molar-refractivity contribution in [3.63, 3.8) is 0 Å². The maximum Gasteiger partial charge on any atom is 0.119 e. The van der Waals surface area contributed by atoms with Crippen LogP contribution >= 0.6 is 0 Å². The Bertz CT molecular complexity index is 595. The molecule has 1 N–H and O–H groups in total. The Morgan fingerprint density at radius 3 is 1.70 bits per heavy atom. The van der Waals surface area contributed by atoms with Gasteiger partial charge >= 0.3 is 0 Å². The van der Waals surface area contributed by atoms with E-state index in [2.05, 4.69) is 17.2 Å². The van der Waals surface area contributed by atoms with Crippen LogP contribution in [0, 0.1) is 0 Å². The van der Waals surface area contributed by atoms with Gasteiger partial charge in [-0.1, -0.05) is 13.3 Å². The van der Waals surface area contributed by atoms with Gasteiger partial charge in [0.1, 0.15) is 18.1 Å². The number of ether oxygens (including phenoxy) is 2. The van der Waals surface area contributed by atoms with Gasteiger partial charge in [0.25, 0.3) is 0 Å². The van der Waals surface area contributed by atoms with Crippen molar-refractivity contribution in [1.82, 2.24) is 0 Å². The summed E-state index contributed by atoms with van der Waals surface area (Å²) in [6.07, 6.45) is 2.18. The summed E-state index contributed by atoms with van der Waals surface area (Å²) >= 11 is 0. The van der Waals surface area contributed by atoms with Gasteiger partial charge in [-0.25, -0.2) is 0 Å². The number of nitrogens with zero attached hydrogens (tertiary/aromatic N) is 2. The molecule has 23 heavy (non-hydrogen) atoms. The normalized spacial score (nSPS) is 10.9. The fourth-order valence-corrected chi connectivity index (χ4v) is 1.83. The minimum Gasteiger partial charge on any atom is -0.494 e. The Balaban J connectivity index is 1.89. The molecule has 0 saturated carbocycles. The van der Waals surface area contributed by atoms with Gasteiger partial charge in [0.15, 0.2) is 0 Å². The smallest absolute Gasteiger partial charge is 0.119 e. The van der Waals surface area contributed by atoms with Crippen LogP contribution in [0.5, 0.6) is 11.5 Å². The number of rotatable bonds is 9. The topological polar surface area (TPSA) is 63.4 Å². The van der Waals surface area contributed by atoms with E-state index in [0.717, 1.165) is 36.6 Å². The van der Waals surface area contributed by atoms with E-state index in [9.17, 15) is 0 Å². The molecule has 0 saturated heterocycles. The van der Waals surface area contributed by atoms with Crippen molar-refractivity contribution >= 4 is 11.4 Å². The molecule has 5 nitrogen and oxygen atoms in total. The lowest BCUT2D eigenvalue weighted by Gasteiger charge is -2.04. The van der Waals surface area contributed by atoms with Gasteiger partial charge in [0, 0.05) is 0 Å². The Morgan fingerprint density at radius 2 is 1.26 bits per heavy atom. The molecule has 2 aromatic rings. The average Bonchev–Trinajstić information content (AvgIpc) is 2.60. The number of benzene rings is 2. The third kappa shape index (κ3) is 6.08. The second kappa shape index (κ2) is 9.58. The van der Waals surface area contributed by atoms with Crippen molar-refractivity contribution in [2.24, 2.45) is 10.2 Å². The van der Waals surface area contributed by atoms with Gasteiger partial charge in [-0.3, -0.25) is 0 Å². The molecule has 0 aliphatic heterocycles. The van der Waals surface area contributed by atoms with Crippen molar-refractivity contribution in [3.05, 3.63) is 48.5 Å². The molecule has 0 fully saturated rings. The summed E-state index contributed by atoms with van der Waals surface area (Å²) in [5, 5.41) is 17.1. The zero-order valence-corrected chi connectivity index (χ0v) is 13.3. The number of hydrogen-bond donors (Lipinski definition) is 1. The van der Waals surface area contributed by atoms with Crippen molar-refractivity contribution in [3.8, 4) is 11.5 Å². The van der Waals surface area contributed by atoms with Crippen molar-refractivity contribution < 1.29 is 14.6 Å². The predicted molar refractivity (Wildman–Crippen MR) is 90.0 cm³/mol. The van der Waals surface area contributed by atoms with Crippen LogP contribution in [0.2, 0.25) is 0 Å². The fraction of sp³-hybridized carbons (Fsp3) is 0.333. The maximum atomic E-state index is 8.70. The fourth-order valence-electron chi connectivity index (χ4n) is 1.83. The SMILES string of the molecule is CCCCOc1ccc(/N=N/c2ccc(OCCO)cc2)cc1. The van der Waals surface area contributed by atoms with E-state index in [1.54, 1.807) is 12.1 Å². The average molecular weight is 314 g/mol.